The van der Waals surface area contributed by atoms with Crippen molar-refractivity contribution < 1.29 is 18.4 Å². The summed E-state index contributed by atoms with van der Waals surface area (Å²) in [6.45, 7) is 4.88. The van der Waals surface area contributed by atoms with Crippen LogP contribution in [0.25, 0.3) is 23.0 Å². The highest BCUT2D eigenvalue weighted by molar-refractivity contribution is 5.59. The number of imidazole rings is 1. The number of halogens is 1. The van der Waals surface area contributed by atoms with E-state index in [9.17, 15) is 4.39 Å². The molecule has 0 spiro atoms. The van der Waals surface area contributed by atoms with Crippen molar-refractivity contribution in [2.24, 2.45) is 0 Å². The largest absolute Gasteiger partial charge is 0.491 e. The lowest BCUT2D eigenvalue weighted by atomic mass is 10.1. The number of benzene rings is 2. The van der Waals surface area contributed by atoms with Crippen LogP contribution in [0.1, 0.15) is 31.2 Å². The maximum absolute atomic E-state index is 13.2. The number of aromatic nitrogens is 4. The van der Waals surface area contributed by atoms with Gasteiger partial charge < -0.3 is 18.6 Å². The highest BCUT2D eigenvalue weighted by Gasteiger charge is 2.26. The van der Waals surface area contributed by atoms with Crippen LogP contribution in [0.3, 0.4) is 0 Å². The summed E-state index contributed by atoms with van der Waals surface area (Å²) in [5.41, 5.74) is 3.23. The van der Waals surface area contributed by atoms with Crippen molar-refractivity contribution in [3.63, 3.8) is 0 Å². The highest BCUT2D eigenvalue weighted by atomic mass is 19.1. The Balaban J connectivity index is 1.35. The molecule has 0 saturated carbocycles. The maximum Gasteiger partial charge on any atom is 0.278 e. The average molecular weight is 420 g/mol. The second-order valence-electron chi connectivity index (χ2n) is 7.66. The number of hydrogen-bond acceptors (Lipinski definition) is 6. The van der Waals surface area contributed by atoms with E-state index in [1.165, 1.54) is 12.1 Å². The first kappa shape index (κ1) is 19.4. The molecule has 2 aromatic heterocycles. The Morgan fingerprint density at radius 1 is 1.10 bits per heavy atom. The Morgan fingerprint density at radius 2 is 1.87 bits per heavy atom. The minimum absolute atomic E-state index is 0.111. The lowest BCUT2D eigenvalue weighted by molar-refractivity contribution is 0.00326. The third-order valence-electron chi connectivity index (χ3n) is 5.08. The summed E-state index contributed by atoms with van der Waals surface area (Å²) in [6.07, 6.45) is 1.69. The molecule has 7 nitrogen and oxygen atoms in total. The van der Waals surface area contributed by atoms with Crippen molar-refractivity contribution in [2.45, 2.75) is 39.2 Å². The van der Waals surface area contributed by atoms with Gasteiger partial charge in [0.05, 0.1) is 31.3 Å². The van der Waals surface area contributed by atoms with E-state index in [0.717, 1.165) is 22.6 Å². The lowest BCUT2D eigenvalue weighted by Gasteiger charge is -2.25. The summed E-state index contributed by atoms with van der Waals surface area (Å²) >= 11 is 0. The van der Waals surface area contributed by atoms with Crippen LogP contribution < -0.4 is 4.74 Å². The molecule has 1 aliphatic heterocycles. The molecule has 0 saturated heterocycles. The fraction of sp³-hybridized carbons (Fsp3) is 0.261. The predicted octanol–water partition coefficient (Wildman–Crippen LogP) is 4.80. The van der Waals surface area contributed by atoms with Crippen LogP contribution in [0, 0.1) is 5.82 Å². The summed E-state index contributed by atoms with van der Waals surface area (Å²) in [6, 6.07) is 13.9. The minimum atomic E-state index is -0.264. The zero-order chi connectivity index (χ0) is 21.4. The van der Waals surface area contributed by atoms with Crippen molar-refractivity contribution in [1.82, 2.24) is 19.7 Å². The summed E-state index contributed by atoms with van der Waals surface area (Å²) in [4.78, 5) is 8.99. The van der Waals surface area contributed by atoms with E-state index < -0.39 is 0 Å². The molecule has 0 radical (unpaired) electrons. The van der Waals surface area contributed by atoms with E-state index in [1.54, 1.807) is 18.5 Å². The Kier molecular flexibility index (Phi) is 4.99. The summed E-state index contributed by atoms with van der Waals surface area (Å²) in [5.74, 6) is 1.35. The molecule has 1 aliphatic rings. The van der Waals surface area contributed by atoms with Gasteiger partial charge in [-0.1, -0.05) is 17.3 Å². The van der Waals surface area contributed by atoms with Crippen LogP contribution in [-0.4, -0.2) is 25.8 Å². The second-order valence-corrected chi connectivity index (χ2v) is 7.66. The van der Waals surface area contributed by atoms with Crippen LogP contribution in [0.4, 0.5) is 4.39 Å². The first-order valence-corrected chi connectivity index (χ1v) is 10.1. The van der Waals surface area contributed by atoms with Gasteiger partial charge in [-0.15, -0.1) is 0 Å². The van der Waals surface area contributed by atoms with Gasteiger partial charge in [-0.3, -0.25) is 0 Å². The second kappa shape index (κ2) is 7.96. The van der Waals surface area contributed by atoms with Crippen molar-refractivity contribution in [2.75, 3.05) is 0 Å². The minimum Gasteiger partial charge on any atom is -0.491 e. The molecule has 0 N–H and O–H groups in total. The molecule has 158 valence electrons. The van der Waals surface area contributed by atoms with Gasteiger partial charge in [0, 0.05) is 5.56 Å². The topological polar surface area (TPSA) is 75.2 Å². The normalized spacial score (nSPS) is 15.8. The molecular weight excluding hydrogens is 399 g/mol. The van der Waals surface area contributed by atoms with Gasteiger partial charge in [-0.25, -0.2) is 9.37 Å². The quantitative estimate of drug-likeness (QED) is 0.462. The molecule has 5 rings (SSSR count). The Morgan fingerprint density at radius 3 is 2.61 bits per heavy atom. The Hall–Kier alpha value is -3.52. The smallest absolute Gasteiger partial charge is 0.278 e. The van der Waals surface area contributed by atoms with Crippen molar-refractivity contribution in [1.29, 1.82) is 0 Å². The van der Waals surface area contributed by atoms with Crippen LogP contribution in [0.2, 0.25) is 0 Å². The number of rotatable bonds is 5. The Labute approximate surface area is 178 Å². The Bertz CT molecular complexity index is 1180. The van der Waals surface area contributed by atoms with Gasteiger partial charge in [-0.2, -0.15) is 4.98 Å². The SMILES string of the molecule is CC(C)Oc1ccc(-c2noc(-c3ncn4c3COC(c3ccc(F)cc3)C4)n2)cc1. The van der Waals surface area contributed by atoms with Crippen molar-refractivity contribution in [3.8, 4) is 28.7 Å². The maximum atomic E-state index is 13.2. The van der Waals surface area contributed by atoms with E-state index in [0.29, 0.717) is 30.6 Å². The van der Waals surface area contributed by atoms with Gasteiger partial charge in [0.2, 0.25) is 5.82 Å². The molecule has 2 aromatic carbocycles. The van der Waals surface area contributed by atoms with Crippen LogP contribution in [0.15, 0.2) is 59.4 Å². The summed E-state index contributed by atoms with van der Waals surface area (Å²) in [5, 5.41) is 4.10. The predicted molar refractivity (Wildman–Crippen MR) is 111 cm³/mol. The highest BCUT2D eigenvalue weighted by Crippen LogP contribution is 2.32. The number of hydrogen-bond donors (Lipinski definition) is 0. The third kappa shape index (κ3) is 3.94. The van der Waals surface area contributed by atoms with E-state index in [-0.39, 0.29) is 18.0 Å². The molecule has 1 unspecified atom stereocenters. The third-order valence-corrected chi connectivity index (χ3v) is 5.08. The van der Waals surface area contributed by atoms with Gasteiger partial charge >= 0.3 is 0 Å². The molecule has 8 heteroatoms. The van der Waals surface area contributed by atoms with E-state index in [2.05, 4.69) is 15.1 Å². The monoisotopic (exact) mass is 420 g/mol. The van der Waals surface area contributed by atoms with E-state index >= 15 is 0 Å². The molecule has 1 atom stereocenters. The van der Waals surface area contributed by atoms with E-state index in [1.807, 2.05) is 42.7 Å². The zero-order valence-corrected chi connectivity index (χ0v) is 17.2. The summed E-state index contributed by atoms with van der Waals surface area (Å²) < 4.78 is 32.4. The molecule has 0 amide bonds. The molecule has 0 aliphatic carbocycles. The van der Waals surface area contributed by atoms with Crippen LogP contribution in [0.5, 0.6) is 5.75 Å². The fourth-order valence-corrected chi connectivity index (χ4v) is 3.58. The molecular formula is C23H21FN4O3. The first-order valence-electron chi connectivity index (χ1n) is 10.1. The standard InChI is InChI=1S/C23H21FN4O3/c1-14(2)30-18-9-5-16(6-10-18)22-26-23(31-27-22)21-19-12-29-20(11-28(19)13-25-21)15-3-7-17(24)8-4-15/h3-10,13-14,20H,11-12H2,1-2H3. The molecule has 4 aromatic rings. The van der Waals surface area contributed by atoms with E-state index in [4.69, 9.17) is 14.0 Å². The molecule has 0 fully saturated rings. The van der Waals surface area contributed by atoms with Crippen molar-refractivity contribution >= 4 is 0 Å². The van der Waals surface area contributed by atoms with Gasteiger partial charge in [0.15, 0.2) is 5.69 Å². The van der Waals surface area contributed by atoms with Gasteiger partial charge in [0.1, 0.15) is 17.7 Å². The molecule has 31 heavy (non-hydrogen) atoms. The summed E-state index contributed by atoms with van der Waals surface area (Å²) in [7, 11) is 0. The molecule has 0 bridgehead atoms. The van der Waals surface area contributed by atoms with Gasteiger partial charge in [-0.05, 0) is 55.8 Å². The number of fused-ring (bicyclic) bond motifs is 1. The van der Waals surface area contributed by atoms with Crippen molar-refractivity contribution in [3.05, 3.63) is 71.9 Å². The van der Waals surface area contributed by atoms with Gasteiger partial charge in [0.25, 0.3) is 5.89 Å². The number of ether oxygens (including phenoxy) is 2. The number of nitrogens with zero attached hydrogens (tertiary/aromatic N) is 4. The zero-order valence-electron chi connectivity index (χ0n) is 17.2. The lowest BCUT2D eigenvalue weighted by Crippen LogP contribution is -2.20. The average Bonchev–Trinajstić information content (AvgIpc) is 3.41. The fourth-order valence-electron chi connectivity index (χ4n) is 3.58. The van der Waals surface area contributed by atoms with Crippen LogP contribution >= 0.6 is 0 Å². The molecule has 3 heterocycles. The van der Waals surface area contributed by atoms with Crippen LogP contribution in [-0.2, 0) is 17.9 Å². The first-order chi connectivity index (χ1) is 15.1.